The second kappa shape index (κ2) is 6.83. The van der Waals surface area contributed by atoms with Gasteiger partial charge in [-0.3, -0.25) is 4.79 Å². The summed E-state index contributed by atoms with van der Waals surface area (Å²) >= 11 is 2.15. The normalized spacial score (nSPS) is 10.1. The van der Waals surface area contributed by atoms with Gasteiger partial charge in [0.1, 0.15) is 11.6 Å². The van der Waals surface area contributed by atoms with Gasteiger partial charge in [0.25, 0.3) is 5.56 Å². The number of benzene rings is 1. The average molecular weight is 410 g/mol. The van der Waals surface area contributed by atoms with Crippen LogP contribution < -0.4 is 15.0 Å². The highest BCUT2D eigenvalue weighted by Gasteiger charge is 2.16. The van der Waals surface area contributed by atoms with Gasteiger partial charge in [-0.1, -0.05) is 0 Å². The van der Waals surface area contributed by atoms with Crippen molar-refractivity contribution in [2.24, 2.45) is 0 Å². The second-order valence-electron chi connectivity index (χ2n) is 4.60. The van der Waals surface area contributed by atoms with E-state index in [0.29, 0.717) is 29.4 Å². The van der Waals surface area contributed by atoms with Crippen LogP contribution in [0.25, 0.3) is 11.1 Å². The molecule has 0 aliphatic heterocycles. The molecule has 2 aromatic rings. The molecule has 0 saturated heterocycles. The molecule has 1 aromatic heterocycles. The third-order valence-electron chi connectivity index (χ3n) is 3.11. The zero-order chi connectivity index (χ0) is 16.3. The Morgan fingerprint density at radius 2 is 2.09 bits per heavy atom. The maximum Gasteiger partial charge on any atom is 0.266 e. The first kappa shape index (κ1) is 16.4. The monoisotopic (exact) mass is 410 g/mol. The number of hydrogen-bond donors (Lipinski definition) is 1. The largest absolute Gasteiger partial charge is 0.493 e. The summed E-state index contributed by atoms with van der Waals surface area (Å²) in [4.78, 5) is 14.6. The lowest BCUT2D eigenvalue weighted by Crippen LogP contribution is -2.12. The number of rotatable bonds is 4. The van der Waals surface area contributed by atoms with Crippen LogP contribution in [0.2, 0.25) is 0 Å². The Labute approximate surface area is 142 Å². The first-order chi connectivity index (χ1) is 10.5. The van der Waals surface area contributed by atoms with Crippen molar-refractivity contribution >= 4 is 22.6 Å². The molecule has 5 nitrogen and oxygen atoms in total. The second-order valence-corrected chi connectivity index (χ2v) is 5.77. The third-order valence-corrected chi connectivity index (χ3v) is 3.91. The number of aromatic amines is 1. The molecule has 0 atom stereocenters. The number of nitriles is 1. The fourth-order valence-electron chi connectivity index (χ4n) is 2.19. The molecule has 0 radical (unpaired) electrons. The minimum Gasteiger partial charge on any atom is -0.493 e. The zero-order valence-corrected chi connectivity index (χ0v) is 14.6. The van der Waals surface area contributed by atoms with Crippen LogP contribution in [0.3, 0.4) is 0 Å². The number of pyridine rings is 1. The molecule has 0 bridgehead atoms. The highest BCUT2D eigenvalue weighted by atomic mass is 127. The van der Waals surface area contributed by atoms with Gasteiger partial charge in [0, 0.05) is 11.3 Å². The van der Waals surface area contributed by atoms with Crippen LogP contribution >= 0.6 is 22.6 Å². The van der Waals surface area contributed by atoms with E-state index in [1.807, 2.05) is 19.1 Å². The Balaban J connectivity index is 2.72. The van der Waals surface area contributed by atoms with E-state index in [-0.39, 0.29) is 11.1 Å². The first-order valence-corrected chi connectivity index (χ1v) is 7.74. The number of nitrogens with zero attached hydrogens (tertiary/aromatic N) is 1. The van der Waals surface area contributed by atoms with Gasteiger partial charge in [-0.15, -0.1) is 0 Å². The topological polar surface area (TPSA) is 75.1 Å². The van der Waals surface area contributed by atoms with E-state index in [1.165, 1.54) is 0 Å². The fourth-order valence-corrected chi connectivity index (χ4v) is 2.94. The molecule has 0 saturated carbocycles. The zero-order valence-electron chi connectivity index (χ0n) is 12.5. The van der Waals surface area contributed by atoms with E-state index in [4.69, 9.17) is 9.47 Å². The molecule has 6 heteroatoms. The number of ether oxygens (including phenoxy) is 2. The highest BCUT2D eigenvalue weighted by Crippen LogP contribution is 2.37. The van der Waals surface area contributed by atoms with Crippen molar-refractivity contribution in [1.82, 2.24) is 4.98 Å². The number of hydrogen-bond acceptors (Lipinski definition) is 4. The van der Waals surface area contributed by atoms with Gasteiger partial charge >= 0.3 is 0 Å². The standard InChI is InChI=1S/C16H15IN2O3/c1-4-22-15-13(17)6-10(7-14(15)21-3)11-5-9(2)19-16(20)12(11)8-18/h5-7H,4H2,1-3H3,(H,19,20). The number of aryl methyl sites for hydroxylation is 1. The summed E-state index contributed by atoms with van der Waals surface area (Å²) in [6.07, 6.45) is 0. The van der Waals surface area contributed by atoms with Crippen LogP contribution in [0.1, 0.15) is 18.2 Å². The van der Waals surface area contributed by atoms with Crippen molar-refractivity contribution in [2.75, 3.05) is 13.7 Å². The molecule has 0 aliphatic carbocycles. The summed E-state index contributed by atoms with van der Waals surface area (Å²) in [5.41, 5.74) is 1.73. The van der Waals surface area contributed by atoms with Crippen molar-refractivity contribution in [1.29, 1.82) is 5.26 Å². The van der Waals surface area contributed by atoms with E-state index in [9.17, 15) is 10.1 Å². The summed E-state index contributed by atoms with van der Waals surface area (Å²) in [6.45, 7) is 4.21. The molecular weight excluding hydrogens is 395 g/mol. The van der Waals surface area contributed by atoms with Crippen molar-refractivity contribution < 1.29 is 9.47 Å². The first-order valence-electron chi connectivity index (χ1n) is 6.66. The lowest BCUT2D eigenvalue weighted by atomic mass is 10.0. The number of H-pyrrole nitrogens is 1. The van der Waals surface area contributed by atoms with E-state index >= 15 is 0 Å². The molecule has 0 unspecified atom stereocenters. The molecule has 114 valence electrons. The maximum atomic E-state index is 11.9. The summed E-state index contributed by atoms with van der Waals surface area (Å²) < 4.78 is 11.8. The van der Waals surface area contributed by atoms with E-state index < -0.39 is 0 Å². The molecule has 0 fully saturated rings. The molecular formula is C16H15IN2O3. The smallest absolute Gasteiger partial charge is 0.266 e. The molecule has 22 heavy (non-hydrogen) atoms. The van der Waals surface area contributed by atoms with Gasteiger partial charge in [-0.2, -0.15) is 5.26 Å². The SMILES string of the molecule is CCOc1c(I)cc(-c2cc(C)[nH]c(=O)c2C#N)cc1OC. The Morgan fingerprint density at radius 1 is 1.36 bits per heavy atom. The van der Waals surface area contributed by atoms with E-state index in [1.54, 1.807) is 26.2 Å². The molecule has 1 heterocycles. The number of methoxy groups -OCH3 is 1. The molecule has 0 aliphatic rings. The summed E-state index contributed by atoms with van der Waals surface area (Å²) in [6, 6.07) is 7.41. The molecule has 2 rings (SSSR count). The van der Waals surface area contributed by atoms with Crippen LogP contribution in [-0.2, 0) is 0 Å². The minimum absolute atomic E-state index is 0.0904. The van der Waals surface area contributed by atoms with Gasteiger partial charge in [0.2, 0.25) is 0 Å². The highest BCUT2D eigenvalue weighted by molar-refractivity contribution is 14.1. The van der Waals surface area contributed by atoms with E-state index in [2.05, 4.69) is 27.6 Å². The lowest BCUT2D eigenvalue weighted by molar-refractivity contribution is 0.309. The van der Waals surface area contributed by atoms with E-state index in [0.717, 1.165) is 9.13 Å². The minimum atomic E-state index is -0.389. The predicted molar refractivity (Wildman–Crippen MR) is 92.4 cm³/mol. The van der Waals surface area contributed by atoms with Crippen molar-refractivity contribution in [3.63, 3.8) is 0 Å². The van der Waals surface area contributed by atoms with Crippen molar-refractivity contribution in [2.45, 2.75) is 13.8 Å². The van der Waals surface area contributed by atoms with Gasteiger partial charge in [0.15, 0.2) is 11.5 Å². The molecule has 1 N–H and O–H groups in total. The van der Waals surface area contributed by atoms with Gasteiger partial charge in [-0.25, -0.2) is 0 Å². The van der Waals surface area contributed by atoms with Crippen LogP contribution in [0.15, 0.2) is 23.0 Å². The van der Waals surface area contributed by atoms with Crippen molar-refractivity contribution in [3.05, 3.63) is 43.4 Å². The lowest BCUT2D eigenvalue weighted by Gasteiger charge is -2.14. The Kier molecular flexibility index (Phi) is 5.08. The van der Waals surface area contributed by atoms with Crippen LogP contribution in [0.5, 0.6) is 11.5 Å². The number of nitrogens with one attached hydrogen (secondary N) is 1. The Morgan fingerprint density at radius 3 is 2.68 bits per heavy atom. The fraction of sp³-hybridized carbons (Fsp3) is 0.250. The quantitative estimate of drug-likeness (QED) is 0.786. The Hall–Kier alpha value is -2.01. The van der Waals surface area contributed by atoms with Gasteiger partial charge in [-0.05, 0) is 60.2 Å². The molecule has 1 aromatic carbocycles. The third kappa shape index (κ3) is 3.09. The number of halogens is 1. The van der Waals surface area contributed by atoms with Gasteiger partial charge in [0.05, 0.1) is 17.3 Å². The number of aromatic nitrogens is 1. The van der Waals surface area contributed by atoms with Crippen molar-refractivity contribution in [3.8, 4) is 28.7 Å². The van der Waals surface area contributed by atoms with Crippen LogP contribution in [0, 0.1) is 21.8 Å². The predicted octanol–water partition coefficient (Wildman–Crippen LogP) is 3.23. The average Bonchev–Trinajstić information content (AvgIpc) is 2.48. The van der Waals surface area contributed by atoms with Crippen LogP contribution in [-0.4, -0.2) is 18.7 Å². The van der Waals surface area contributed by atoms with Gasteiger partial charge < -0.3 is 14.5 Å². The summed E-state index contributed by atoms with van der Waals surface area (Å²) in [7, 11) is 1.56. The van der Waals surface area contributed by atoms with Crippen LogP contribution in [0.4, 0.5) is 0 Å². The molecule has 0 spiro atoms. The summed E-state index contributed by atoms with van der Waals surface area (Å²) in [5.74, 6) is 1.24. The summed E-state index contributed by atoms with van der Waals surface area (Å²) in [5, 5.41) is 9.26. The maximum absolute atomic E-state index is 11.9. The Bertz CT molecular complexity index is 806. The molecule has 0 amide bonds.